The molecule has 25 heavy (non-hydrogen) atoms. The first-order valence-corrected chi connectivity index (χ1v) is 10.4. The van der Waals surface area contributed by atoms with E-state index in [0.29, 0.717) is 23.3 Å². The molecule has 0 amide bonds. The van der Waals surface area contributed by atoms with Gasteiger partial charge in [0.2, 0.25) is 0 Å². The van der Waals surface area contributed by atoms with Gasteiger partial charge in [0.15, 0.2) is 0 Å². The van der Waals surface area contributed by atoms with Crippen molar-refractivity contribution in [2.24, 2.45) is 41.4 Å². The summed E-state index contributed by atoms with van der Waals surface area (Å²) in [5.74, 6) is 2.61. The Balaban J connectivity index is 1.41. The predicted molar refractivity (Wildman–Crippen MR) is 97.9 cm³/mol. The monoisotopic (exact) mass is 344 g/mol. The van der Waals surface area contributed by atoms with Crippen molar-refractivity contribution in [2.45, 2.75) is 64.4 Å². The Labute approximate surface area is 151 Å². The fraction of sp³-hybridized carbons (Fsp3) is 0.773. The minimum Gasteiger partial charge on any atom is -0.478 e. The lowest BCUT2D eigenvalue weighted by Gasteiger charge is -2.54. The molecule has 0 spiro atoms. The summed E-state index contributed by atoms with van der Waals surface area (Å²) in [5.41, 5.74) is 0.434. The van der Waals surface area contributed by atoms with Gasteiger partial charge < -0.3 is 10.2 Å². The van der Waals surface area contributed by atoms with Crippen LogP contribution in [0.2, 0.25) is 0 Å². The Kier molecular flexibility index (Phi) is 4.79. The van der Waals surface area contributed by atoms with E-state index in [0.717, 1.165) is 18.3 Å². The van der Waals surface area contributed by atoms with Crippen LogP contribution in [0.1, 0.15) is 58.3 Å². The number of allylic oxidation sites excluding steroid dienone is 2. The Hall–Kier alpha value is -1.09. The molecule has 2 N–H and O–H groups in total. The molecule has 0 aromatic rings. The molecule has 4 rings (SSSR count). The van der Waals surface area contributed by atoms with Crippen molar-refractivity contribution >= 4 is 5.97 Å². The van der Waals surface area contributed by atoms with Crippen LogP contribution in [0.4, 0.5) is 0 Å². The second-order valence-electron chi connectivity index (χ2n) is 8.84. The Morgan fingerprint density at radius 1 is 1.08 bits per heavy atom. The number of aliphatic hydroxyl groups is 1. The van der Waals surface area contributed by atoms with Gasteiger partial charge in [0.1, 0.15) is 0 Å². The van der Waals surface area contributed by atoms with Crippen LogP contribution in [0.25, 0.3) is 0 Å². The van der Waals surface area contributed by atoms with Crippen molar-refractivity contribution in [3.63, 3.8) is 0 Å². The van der Waals surface area contributed by atoms with Gasteiger partial charge in [-0.15, -0.1) is 0 Å². The molecule has 0 saturated heterocycles. The van der Waals surface area contributed by atoms with E-state index in [1.807, 2.05) is 0 Å². The summed E-state index contributed by atoms with van der Waals surface area (Å²) in [6, 6.07) is 0. The van der Waals surface area contributed by atoms with E-state index in [1.165, 1.54) is 44.9 Å². The maximum Gasteiger partial charge on any atom is 0.331 e. The fourth-order valence-electron chi connectivity index (χ4n) is 6.66. The Morgan fingerprint density at radius 2 is 1.84 bits per heavy atom. The SMILES string of the molecule is CCCCCCCC[C@@H]1[C@H]2C=C[C@H]3C(C(=O)O)=C[C@H](O)[C@@H]4C[C@@H]1[C@@H]2[C@H]43. The fourth-order valence-corrected chi connectivity index (χ4v) is 6.66. The van der Waals surface area contributed by atoms with Crippen LogP contribution in [0, 0.1) is 41.4 Å². The zero-order valence-electron chi connectivity index (χ0n) is 15.3. The summed E-state index contributed by atoms with van der Waals surface area (Å²) in [7, 11) is 0. The Bertz CT molecular complexity index is 578. The first-order valence-electron chi connectivity index (χ1n) is 10.4. The van der Waals surface area contributed by atoms with Crippen LogP contribution < -0.4 is 0 Å². The van der Waals surface area contributed by atoms with Crippen molar-refractivity contribution in [1.29, 1.82) is 0 Å². The van der Waals surface area contributed by atoms with Gasteiger partial charge in [-0.3, -0.25) is 0 Å². The van der Waals surface area contributed by atoms with E-state index in [-0.39, 0.29) is 11.8 Å². The molecule has 3 heteroatoms. The van der Waals surface area contributed by atoms with Crippen molar-refractivity contribution in [3.05, 3.63) is 23.8 Å². The highest BCUT2D eigenvalue weighted by molar-refractivity contribution is 5.88. The molecule has 2 saturated carbocycles. The summed E-state index contributed by atoms with van der Waals surface area (Å²) < 4.78 is 0. The molecule has 4 aliphatic rings. The summed E-state index contributed by atoms with van der Waals surface area (Å²) in [4.78, 5) is 11.6. The molecule has 3 nitrogen and oxygen atoms in total. The molecule has 0 unspecified atom stereocenters. The van der Waals surface area contributed by atoms with Crippen molar-refractivity contribution in [1.82, 2.24) is 0 Å². The minimum absolute atomic E-state index is 0.0344. The summed E-state index contributed by atoms with van der Waals surface area (Å²) in [6.45, 7) is 2.26. The highest BCUT2D eigenvalue weighted by Crippen LogP contribution is 2.67. The van der Waals surface area contributed by atoms with Gasteiger partial charge >= 0.3 is 5.97 Å². The highest BCUT2D eigenvalue weighted by atomic mass is 16.4. The molecular formula is C22H32O3. The number of hydrogen-bond acceptors (Lipinski definition) is 2. The van der Waals surface area contributed by atoms with Gasteiger partial charge in [-0.25, -0.2) is 4.79 Å². The standard InChI is InChI=1S/C22H32O3/c1-2-3-4-5-6-7-8-13-14-9-10-15-17(22(24)25)12-19(23)18-11-16(13)20(14)21(15)18/h9-10,12-16,18-21,23H,2-8,11H2,1H3,(H,24,25)/t13-,14-,15+,16+,18+,19+,20-,21+/m1/s1. The average molecular weight is 344 g/mol. The van der Waals surface area contributed by atoms with Gasteiger partial charge in [-0.2, -0.15) is 0 Å². The van der Waals surface area contributed by atoms with E-state index in [4.69, 9.17) is 0 Å². The third kappa shape index (κ3) is 2.79. The second kappa shape index (κ2) is 6.90. The lowest BCUT2D eigenvalue weighted by Crippen LogP contribution is -2.50. The zero-order valence-corrected chi connectivity index (χ0v) is 15.3. The summed E-state index contributed by atoms with van der Waals surface area (Å²) in [5, 5.41) is 20.0. The minimum atomic E-state index is -0.850. The summed E-state index contributed by atoms with van der Waals surface area (Å²) in [6.07, 6.45) is 16.1. The zero-order chi connectivity index (χ0) is 17.6. The summed E-state index contributed by atoms with van der Waals surface area (Å²) >= 11 is 0. The van der Waals surface area contributed by atoms with Crippen LogP contribution in [-0.2, 0) is 4.79 Å². The molecule has 138 valence electrons. The quantitative estimate of drug-likeness (QED) is 0.506. The number of unbranched alkanes of at least 4 members (excludes halogenated alkanes) is 5. The average Bonchev–Trinajstić information content (AvgIpc) is 2.95. The topological polar surface area (TPSA) is 57.5 Å². The number of rotatable bonds is 8. The van der Waals surface area contributed by atoms with Crippen LogP contribution in [0.15, 0.2) is 23.8 Å². The molecule has 0 bridgehead atoms. The third-order valence-corrected chi connectivity index (χ3v) is 7.71. The molecular weight excluding hydrogens is 312 g/mol. The van der Waals surface area contributed by atoms with E-state index in [2.05, 4.69) is 19.1 Å². The normalized spacial score (nSPS) is 43.4. The first kappa shape index (κ1) is 17.3. The van der Waals surface area contributed by atoms with Crippen LogP contribution in [0.3, 0.4) is 0 Å². The van der Waals surface area contributed by atoms with Gasteiger partial charge in [-0.1, -0.05) is 57.6 Å². The van der Waals surface area contributed by atoms with Crippen molar-refractivity contribution in [3.8, 4) is 0 Å². The van der Waals surface area contributed by atoms with Crippen molar-refractivity contribution < 1.29 is 15.0 Å². The largest absolute Gasteiger partial charge is 0.478 e. The second-order valence-corrected chi connectivity index (χ2v) is 8.84. The number of carbonyl (C=O) groups is 1. The molecule has 0 aromatic carbocycles. The number of carboxylic acids is 1. The number of hydrogen-bond donors (Lipinski definition) is 2. The molecule has 4 aliphatic carbocycles. The smallest absolute Gasteiger partial charge is 0.331 e. The van der Waals surface area contributed by atoms with E-state index in [9.17, 15) is 15.0 Å². The number of aliphatic hydroxyl groups excluding tert-OH is 1. The molecule has 8 atom stereocenters. The van der Waals surface area contributed by atoms with Gasteiger partial charge in [0, 0.05) is 11.5 Å². The molecule has 0 radical (unpaired) electrons. The molecule has 0 aromatic heterocycles. The highest BCUT2D eigenvalue weighted by Gasteiger charge is 2.63. The number of carboxylic acid groups (broad SMARTS) is 1. The van der Waals surface area contributed by atoms with Gasteiger partial charge in [-0.05, 0) is 54.4 Å². The maximum atomic E-state index is 11.6. The van der Waals surface area contributed by atoms with Crippen LogP contribution >= 0.6 is 0 Å². The van der Waals surface area contributed by atoms with Crippen LogP contribution in [0.5, 0.6) is 0 Å². The first-order chi connectivity index (χ1) is 12.1. The number of aliphatic carboxylic acids is 1. The molecule has 0 aliphatic heterocycles. The molecule has 2 fully saturated rings. The van der Waals surface area contributed by atoms with E-state index in [1.54, 1.807) is 6.08 Å². The lowest BCUT2D eigenvalue weighted by molar-refractivity contribution is -0.134. The van der Waals surface area contributed by atoms with E-state index >= 15 is 0 Å². The third-order valence-electron chi connectivity index (χ3n) is 7.71. The van der Waals surface area contributed by atoms with Gasteiger partial charge in [0.25, 0.3) is 0 Å². The van der Waals surface area contributed by atoms with Crippen molar-refractivity contribution in [2.75, 3.05) is 0 Å². The predicted octanol–water partition coefficient (Wildman–Crippen LogP) is 4.42. The lowest BCUT2D eigenvalue weighted by atomic mass is 9.50. The van der Waals surface area contributed by atoms with E-state index < -0.39 is 12.1 Å². The molecule has 0 heterocycles. The van der Waals surface area contributed by atoms with Gasteiger partial charge in [0.05, 0.1) is 6.10 Å². The van der Waals surface area contributed by atoms with Crippen LogP contribution in [-0.4, -0.2) is 22.3 Å². The Morgan fingerprint density at radius 3 is 2.60 bits per heavy atom. The maximum absolute atomic E-state index is 11.6.